The number of hydrogen-bond donors (Lipinski definition) is 1. The molecule has 0 aliphatic carbocycles. The SMILES string of the molecule is C=C(C)[C@H](N)Cc1ccc(C)cc1. The quantitative estimate of drug-likeness (QED) is 0.701. The van der Waals surface area contributed by atoms with Crippen molar-refractivity contribution in [1.29, 1.82) is 0 Å². The zero-order chi connectivity index (χ0) is 9.84. The minimum Gasteiger partial charge on any atom is -0.324 e. The summed E-state index contributed by atoms with van der Waals surface area (Å²) in [6, 6.07) is 8.56. The normalized spacial score (nSPS) is 12.5. The van der Waals surface area contributed by atoms with Crippen LogP contribution in [0.15, 0.2) is 36.4 Å². The standard InChI is InChI=1S/C12H17N/c1-9(2)12(13)8-11-6-4-10(3)5-7-11/h4-7,12H,1,8,13H2,2-3H3/t12-/m1/s1. The van der Waals surface area contributed by atoms with E-state index in [2.05, 4.69) is 37.8 Å². The second-order valence-corrected chi connectivity index (χ2v) is 3.64. The fourth-order valence-corrected chi connectivity index (χ4v) is 1.15. The molecule has 1 atom stereocenters. The van der Waals surface area contributed by atoms with Crippen molar-refractivity contribution in [3.05, 3.63) is 47.5 Å². The highest BCUT2D eigenvalue weighted by molar-refractivity contribution is 5.23. The van der Waals surface area contributed by atoms with Crippen LogP contribution >= 0.6 is 0 Å². The van der Waals surface area contributed by atoms with Crippen LogP contribution in [0.5, 0.6) is 0 Å². The summed E-state index contributed by atoms with van der Waals surface area (Å²) in [6.45, 7) is 7.90. The van der Waals surface area contributed by atoms with E-state index in [4.69, 9.17) is 5.73 Å². The van der Waals surface area contributed by atoms with Crippen molar-refractivity contribution in [2.45, 2.75) is 26.3 Å². The summed E-state index contributed by atoms with van der Waals surface area (Å²) in [4.78, 5) is 0. The minimum atomic E-state index is 0.0858. The van der Waals surface area contributed by atoms with Crippen LogP contribution in [0.25, 0.3) is 0 Å². The average molecular weight is 175 g/mol. The molecule has 0 heterocycles. The molecule has 2 N–H and O–H groups in total. The van der Waals surface area contributed by atoms with Crippen LogP contribution in [-0.2, 0) is 6.42 Å². The molecule has 1 aromatic rings. The molecule has 1 nitrogen and oxygen atoms in total. The largest absolute Gasteiger partial charge is 0.324 e. The summed E-state index contributed by atoms with van der Waals surface area (Å²) < 4.78 is 0. The molecule has 0 saturated heterocycles. The molecule has 0 aromatic heterocycles. The zero-order valence-corrected chi connectivity index (χ0v) is 8.38. The lowest BCUT2D eigenvalue weighted by atomic mass is 10.0. The molecule has 70 valence electrons. The zero-order valence-electron chi connectivity index (χ0n) is 8.38. The Kier molecular flexibility index (Phi) is 3.26. The summed E-state index contributed by atoms with van der Waals surface area (Å²) in [5.41, 5.74) is 9.49. The van der Waals surface area contributed by atoms with Gasteiger partial charge in [0.05, 0.1) is 0 Å². The van der Waals surface area contributed by atoms with E-state index in [-0.39, 0.29) is 6.04 Å². The molecule has 0 radical (unpaired) electrons. The summed E-state index contributed by atoms with van der Waals surface area (Å²) >= 11 is 0. The monoisotopic (exact) mass is 175 g/mol. The second-order valence-electron chi connectivity index (χ2n) is 3.64. The Balaban J connectivity index is 2.64. The first kappa shape index (κ1) is 10.0. The lowest BCUT2D eigenvalue weighted by Gasteiger charge is -2.10. The maximum Gasteiger partial charge on any atom is 0.0289 e. The van der Waals surface area contributed by atoms with Crippen molar-refractivity contribution >= 4 is 0 Å². The van der Waals surface area contributed by atoms with Gasteiger partial charge in [-0.15, -0.1) is 0 Å². The van der Waals surface area contributed by atoms with E-state index in [9.17, 15) is 0 Å². The number of nitrogens with two attached hydrogens (primary N) is 1. The highest BCUT2D eigenvalue weighted by Gasteiger charge is 2.03. The first-order valence-electron chi connectivity index (χ1n) is 4.56. The minimum absolute atomic E-state index is 0.0858. The number of aryl methyl sites for hydroxylation is 1. The fraction of sp³-hybridized carbons (Fsp3) is 0.333. The third-order valence-electron chi connectivity index (χ3n) is 2.21. The van der Waals surface area contributed by atoms with E-state index < -0.39 is 0 Å². The van der Waals surface area contributed by atoms with Gasteiger partial charge in [-0.2, -0.15) is 0 Å². The Bertz CT molecular complexity index is 284. The van der Waals surface area contributed by atoms with Crippen molar-refractivity contribution in [2.24, 2.45) is 5.73 Å². The van der Waals surface area contributed by atoms with Crippen molar-refractivity contribution in [3.8, 4) is 0 Å². The molecule has 0 fully saturated rings. The van der Waals surface area contributed by atoms with Gasteiger partial charge in [-0.25, -0.2) is 0 Å². The van der Waals surface area contributed by atoms with Crippen LogP contribution in [-0.4, -0.2) is 6.04 Å². The molecule has 1 rings (SSSR count). The topological polar surface area (TPSA) is 26.0 Å². The van der Waals surface area contributed by atoms with Crippen LogP contribution in [0, 0.1) is 6.92 Å². The molecule has 0 aliphatic rings. The maximum absolute atomic E-state index is 5.89. The lowest BCUT2D eigenvalue weighted by molar-refractivity contribution is 0.766. The third-order valence-corrected chi connectivity index (χ3v) is 2.21. The lowest BCUT2D eigenvalue weighted by Crippen LogP contribution is -2.23. The predicted octanol–water partition coefficient (Wildman–Crippen LogP) is 2.44. The van der Waals surface area contributed by atoms with Gasteiger partial charge in [-0.05, 0) is 25.8 Å². The Morgan fingerprint density at radius 1 is 1.38 bits per heavy atom. The second kappa shape index (κ2) is 4.24. The van der Waals surface area contributed by atoms with E-state index in [0.717, 1.165) is 12.0 Å². The van der Waals surface area contributed by atoms with Gasteiger partial charge in [0.15, 0.2) is 0 Å². The summed E-state index contributed by atoms with van der Waals surface area (Å²) in [6.07, 6.45) is 0.885. The van der Waals surface area contributed by atoms with Crippen molar-refractivity contribution in [3.63, 3.8) is 0 Å². The molecule has 0 spiro atoms. The molecule has 0 bridgehead atoms. The van der Waals surface area contributed by atoms with Gasteiger partial charge >= 0.3 is 0 Å². The summed E-state index contributed by atoms with van der Waals surface area (Å²) in [7, 11) is 0. The van der Waals surface area contributed by atoms with Crippen LogP contribution in [0.1, 0.15) is 18.1 Å². The third kappa shape index (κ3) is 3.03. The van der Waals surface area contributed by atoms with Gasteiger partial charge in [-0.3, -0.25) is 0 Å². The highest BCUT2D eigenvalue weighted by atomic mass is 14.6. The van der Waals surface area contributed by atoms with E-state index in [1.807, 2.05) is 6.92 Å². The Morgan fingerprint density at radius 2 is 1.92 bits per heavy atom. The van der Waals surface area contributed by atoms with E-state index in [1.165, 1.54) is 11.1 Å². The molecule has 1 aromatic carbocycles. The van der Waals surface area contributed by atoms with Crippen LogP contribution < -0.4 is 5.73 Å². The van der Waals surface area contributed by atoms with Gasteiger partial charge < -0.3 is 5.73 Å². The van der Waals surface area contributed by atoms with Crippen LogP contribution in [0.4, 0.5) is 0 Å². The predicted molar refractivity (Wildman–Crippen MR) is 57.7 cm³/mol. The van der Waals surface area contributed by atoms with Gasteiger partial charge in [0.2, 0.25) is 0 Å². The number of hydrogen-bond acceptors (Lipinski definition) is 1. The highest BCUT2D eigenvalue weighted by Crippen LogP contribution is 2.08. The molecule has 0 amide bonds. The fourth-order valence-electron chi connectivity index (χ4n) is 1.15. The van der Waals surface area contributed by atoms with Gasteiger partial charge in [0, 0.05) is 6.04 Å². The van der Waals surface area contributed by atoms with E-state index >= 15 is 0 Å². The first-order valence-corrected chi connectivity index (χ1v) is 4.56. The Morgan fingerprint density at radius 3 is 2.38 bits per heavy atom. The molecular weight excluding hydrogens is 158 g/mol. The molecule has 0 unspecified atom stereocenters. The van der Waals surface area contributed by atoms with E-state index in [1.54, 1.807) is 0 Å². The average Bonchev–Trinajstić information content (AvgIpc) is 2.08. The smallest absolute Gasteiger partial charge is 0.0289 e. The van der Waals surface area contributed by atoms with Crippen molar-refractivity contribution < 1.29 is 0 Å². The van der Waals surface area contributed by atoms with Gasteiger partial charge in [0.25, 0.3) is 0 Å². The number of rotatable bonds is 3. The van der Waals surface area contributed by atoms with Crippen LogP contribution in [0.2, 0.25) is 0 Å². The summed E-state index contributed by atoms with van der Waals surface area (Å²) in [5, 5.41) is 0. The van der Waals surface area contributed by atoms with E-state index in [0.29, 0.717) is 0 Å². The van der Waals surface area contributed by atoms with Gasteiger partial charge in [-0.1, -0.05) is 42.0 Å². The van der Waals surface area contributed by atoms with Crippen LogP contribution in [0.3, 0.4) is 0 Å². The molecule has 13 heavy (non-hydrogen) atoms. The molecular formula is C12H17N. The molecule has 1 heteroatoms. The molecule has 0 aliphatic heterocycles. The van der Waals surface area contributed by atoms with Crippen molar-refractivity contribution in [1.82, 2.24) is 0 Å². The summed E-state index contributed by atoms with van der Waals surface area (Å²) in [5.74, 6) is 0. The number of benzene rings is 1. The maximum atomic E-state index is 5.89. The van der Waals surface area contributed by atoms with Crippen molar-refractivity contribution in [2.75, 3.05) is 0 Å². The molecule has 0 saturated carbocycles. The Labute approximate surface area is 80.3 Å². The van der Waals surface area contributed by atoms with Gasteiger partial charge in [0.1, 0.15) is 0 Å². The Hall–Kier alpha value is -1.08. The first-order chi connectivity index (χ1) is 6.09.